The Labute approximate surface area is 188 Å². The Morgan fingerprint density at radius 2 is 1.39 bits per heavy atom. The highest BCUT2D eigenvalue weighted by Crippen LogP contribution is 2.43. The van der Waals surface area contributed by atoms with Crippen LogP contribution in [0.2, 0.25) is 0 Å². The maximum atomic E-state index is 5.68. The number of methoxy groups -OCH3 is 2. The van der Waals surface area contributed by atoms with E-state index in [-0.39, 0.29) is 0 Å². The topological polar surface area (TPSA) is 49.2 Å². The minimum Gasteiger partial charge on any atom is -0.496 e. The van der Waals surface area contributed by atoms with Crippen LogP contribution < -0.4 is 20.1 Å². The van der Waals surface area contributed by atoms with E-state index >= 15 is 0 Å². The molecule has 0 spiro atoms. The Morgan fingerprint density at radius 3 is 2.00 bits per heavy atom. The molecule has 31 heavy (non-hydrogen) atoms. The van der Waals surface area contributed by atoms with Gasteiger partial charge in [-0.2, -0.15) is 0 Å². The first kappa shape index (κ1) is 21.4. The van der Waals surface area contributed by atoms with Crippen LogP contribution in [-0.2, 0) is 12.0 Å². The number of ether oxygens (including phenoxy) is 2. The van der Waals surface area contributed by atoms with Crippen molar-refractivity contribution in [2.45, 2.75) is 16.9 Å². The van der Waals surface area contributed by atoms with E-state index in [1.165, 1.54) is 4.90 Å². The predicted octanol–water partition coefficient (Wildman–Crippen LogP) is 4.68. The average Bonchev–Trinajstić information content (AvgIpc) is 3.29. The van der Waals surface area contributed by atoms with Crippen LogP contribution in [0.15, 0.2) is 90.0 Å². The highest BCUT2D eigenvalue weighted by atomic mass is 32.2. The van der Waals surface area contributed by atoms with Gasteiger partial charge in [0, 0.05) is 27.9 Å². The van der Waals surface area contributed by atoms with E-state index in [4.69, 9.17) is 9.47 Å². The van der Waals surface area contributed by atoms with Crippen molar-refractivity contribution in [3.05, 3.63) is 90.8 Å². The maximum absolute atomic E-state index is 5.68. The Kier molecular flexibility index (Phi) is 7.23. The minimum atomic E-state index is -0.793. The summed E-state index contributed by atoms with van der Waals surface area (Å²) in [6.07, 6.45) is 2.79. The second-order valence-electron chi connectivity index (χ2n) is 6.77. The number of rotatable bonds is 9. The highest BCUT2D eigenvalue weighted by molar-refractivity contribution is 7.98. The largest absolute Gasteiger partial charge is 0.496 e. The fraction of sp³-hybridized carbons (Fsp3) is 0.167. The Bertz CT molecular complexity index is 1070. The second-order valence-corrected chi connectivity index (χ2v) is 9.92. The molecule has 0 aliphatic carbocycles. The van der Waals surface area contributed by atoms with Crippen LogP contribution >= 0.6 is 19.7 Å². The lowest BCUT2D eigenvalue weighted by molar-refractivity contribution is 0.417. The summed E-state index contributed by atoms with van der Waals surface area (Å²) in [5, 5.41) is 11.1. The molecule has 4 rings (SSSR count). The third-order valence-electron chi connectivity index (χ3n) is 4.76. The van der Waals surface area contributed by atoms with Crippen LogP contribution in [-0.4, -0.2) is 29.2 Å². The Hall–Kier alpha value is -2.82. The summed E-state index contributed by atoms with van der Waals surface area (Å²) in [5.41, 5.74) is 0.955. The van der Waals surface area contributed by atoms with E-state index < -0.39 is 7.92 Å². The molecule has 3 aromatic carbocycles. The van der Waals surface area contributed by atoms with Gasteiger partial charge in [0.25, 0.3) is 0 Å². The molecule has 5 nitrogen and oxygen atoms in total. The lowest BCUT2D eigenvalue weighted by Gasteiger charge is -2.22. The van der Waals surface area contributed by atoms with Gasteiger partial charge in [-0.1, -0.05) is 59.8 Å². The van der Waals surface area contributed by atoms with Crippen LogP contribution in [0.3, 0.4) is 0 Å². The lowest BCUT2D eigenvalue weighted by Crippen LogP contribution is -2.17. The van der Waals surface area contributed by atoms with Crippen LogP contribution in [0.1, 0.15) is 5.69 Å². The van der Waals surface area contributed by atoms with Gasteiger partial charge >= 0.3 is 0 Å². The van der Waals surface area contributed by atoms with E-state index in [2.05, 4.69) is 46.7 Å². The molecule has 0 saturated carbocycles. The molecule has 0 saturated heterocycles. The van der Waals surface area contributed by atoms with Crippen molar-refractivity contribution in [3.8, 4) is 11.5 Å². The van der Waals surface area contributed by atoms with Gasteiger partial charge in [0.05, 0.1) is 25.8 Å². The average molecular weight is 450 g/mol. The number of aromatic nitrogens is 3. The number of hydrogen-bond donors (Lipinski definition) is 0. The number of para-hydroxylation sites is 2. The summed E-state index contributed by atoms with van der Waals surface area (Å²) in [4.78, 5) is 1.21. The molecule has 7 heteroatoms. The predicted molar refractivity (Wildman–Crippen MR) is 128 cm³/mol. The molecule has 0 aliphatic heterocycles. The van der Waals surface area contributed by atoms with Gasteiger partial charge in [0.1, 0.15) is 11.5 Å². The van der Waals surface area contributed by atoms with Gasteiger partial charge in [-0.15, -0.1) is 16.9 Å². The standard InChI is InChI=1S/C24H24N3O2PS/c1-28-21-12-6-8-14-23(21)30(24-15-9-7-13-22(24)29-2)17-19-16-27(26-25-19)18-31-20-10-4-3-5-11-20/h3-16H,17-18H2,1-2H3. The van der Waals surface area contributed by atoms with Gasteiger partial charge in [-0.05, 0) is 32.2 Å². The highest BCUT2D eigenvalue weighted by Gasteiger charge is 2.23. The molecule has 0 fully saturated rings. The van der Waals surface area contributed by atoms with Gasteiger partial charge in [-0.25, -0.2) is 4.68 Å². The Balaban J connectivity index is 1.60. The summed E-state index contributed by atoms with van der Waals surface area (Å²) in [5.74, 6) is 2.48. The monoisotopic (exact) mass is 449 g/mol. The van der Waals surface area contributed by atoms with Crippen LogP contribution in [0, 0.1) is 0 Å². The normalized spacial score (nSPS) is 10.9. The molecule has 0 atom stereocenters. The zero-order valence-corrected chi connectivity index (χ0v) is 19.2. The molecule has 158 valence electrons. The summed E-state index contributed by atoms with van der Waals surface area (Å²) in [7, 11) is 2.64. The van der Waals surface area contributed by atoms with E-state index in [1.807, 2.05) is 53.3 Å². The number of nitrogens with zero attached hydrogens (tertiary/aromatic N) is 3. The lowest BCUT2D eigenvalue weighted by atomic mass is 10.3. The van der Waals surface area contributed by atoms with Gasteiger partial charge in [-0.3, -0.25) is 0 Å². The van der Waals surface area contributed by atoms with Gasteiger partial charge < -0.3 is 9.47 Å². The summed E-state index contributed by atoms with van der Waals surface area (Å²) in [6, 6.07) is 26.7. The fourth-order valence-electron chi connectivity index (χ4n) is 3.30. The van der Waals surface area contributed by atoms with Crippen molar-refractivity contribution in [1.82, 2.24) is 15.0 Å². The van der Waals surface area contributed by atoms with Crippen LogP contribution in [0.25, 0.3) is 0 Å². The van der Waals surface area contributed by atoms with E-state index in [0.29, 0.717) is 0 Å². The molecule has 1 heterocycles. The molecule has 0 amide bonds. The molecule has 0 aliphatic rings. The maximum Gasteiger partial charge on any atom is 0.126 e. The minimum absolute atomic E-state index is 0.720. The first-order valence-corrected chi connectivity index (χ1v) is 12.4. The van der Waals surface area contributed by atoms with Crippen molar-refractivity contribution in [1.29, 1.82) is 0 Å². The van der Waals surface area contributed by atoms with E-state index in [0.717, 1.165) is 39.8 Å². The van der Waals surface area contributed by atoms with Crippen molar-refractivity contribution >= 4 is 30.3 Å². The van der Waals surface area contributed by atoms with Crippen molar-refractivity contribution in [2.75, 3.05) is 14.2 Å². The molecular formula is C24H24N3O2PS. The molecule has 1 aromatic heterocycles. The Morgan fingerprint density at radius 1 is 0.806 bits per heavy atom. The molecular weight excluding hydrogens is 425 g/mol. The van der Waals surface area contributed by atoms with Gasteiger partial charge in [0.15, 0.2) is 0 Å². The van der Waals surface area contributed by atoms with Crippen LogP contribution in [0.5, 0.6) is 11.5 Å². The SMILES string of the molecule is COc1ccccc1P(Cc1cn(CSc2ccccc2)nn1)c1ccccc1OC. The zero-order valence-electron chi connectivity index (χ0n) is 17.5. The molecule has 0 unspecified atom stereocenters. The zero-order chi connectivity index (χ0) is 21.5. The molecule has 0 N–H and O–H groups in total. The fourth-order valence-corrected chi connectivity index (χ4v) is 6.52. The van der Waals surface area contributed by atoms with Crippen molar-refractivity contribution in [3.63, 3.8) is 0 Å². The summed E-state index contributed by atoms with van der Waals surface area (Å²) >= 11 is 1.74. The summed E-state index contributed by atoms with van der Waals surface area (Å²) in [6.45, 7) is 0. The number of hydrogen-bond acceptors (Lipinski definition) is 5. The van der Waals surface area contributed by atoms with E-state index in [9.17, 15) is 0 Å². The molecule has 4 aromatic rings. The smallest absolute Gasteiger partial charge is 0.126 e. The molecule has 0 radical (unpaired) electrons. The first-order valence-electron chi connectivity index (χ1n) is 9.89. The van der Waals surface area contributed by atoms with Crippen molar-refractivity contribution in [2.24, 2.45) is 0 Å². The van der Waals surface area contributed by atoms with Gasteiger partial charge in [0.2, 0.25) is 0 Å². The van der Waals surface area contributed by atoms with Crippen LogP contribution in [0.4, 0.5) is 0 Å². The summed E-state index contributed by atoms with van der Waals surface area (Å²) < 4.78 is 13.3. The first-order chi connectivity index (χ1) is 15.3. The number of thioether (sulfide) groups is 1. The number of benzene rings is 3. The van der Waals surface area contributed by atoms with E-state index in [1.54, 1.807) is 26.0 Å². The molecule has 0 bridgehead atoms. The quantitative estimate of drug-likeness (QED) is 0.274. The third kappa shape index (κ3) is 5.27. The third-order valence-corrected chi connectivity index (χ3v) is 8.31. The second kappa shape index (κ2) is 10.5. The van der Waals surface area contributed by atoms with Crippen molar-refractivity contribution < 1.29 is 9.47 Å².